The Labute approximate surface area is 131 Å². The molecule has 0 aromatic heterocycles. The van der Waals surface area contributed by atoms with Gasteiger partial charge in [-0.2, -0.15) is 0 Å². The number of hydrogen-bond donors (Lipinski definition) is 2. The molecule has 2 aliphatic rings. The van der Waals surface area contributed by atoms with Crippen LogP contribution in [0, 0.1) is 11.8 Å². The van der Waals surface area contributed by atoms with E-state index in [0.717, 1.165) is 11.8 Å². The first-order valence-corrected chi connectivity index (χ1v) is 8.30. The van der Waals surface area contributed by atoms with Crippen LogP contribution in [0.25, 0.3) is 0 Å². The molecule has 0 amide bonds. The van der Waals surface area contributed by atoms with Crippen LogP contribution in [-0.2, 0) is 0 Å². The normalized spacial score (nSPS) is 20.5. The third-order valence-electron chi connectivity index (χ3n) is 5.20. The van der Waals surface area contributed by atoms with Gasteiger partial charge >= 0.3 is 0 Å². The molecule has 2 heteroatoms. The van der Waals surface area contributed by atoms with E-state index in [2.05, 4.69) is 24.3 Å². The molecule has 2 fully saturated rings. The monoisotopic (exact) mass is 294 g/mol. The Kier molecular flexibility index (Phi) is 3.33. The smallest absolute Gasteiger partial charge is 0.115 e. The molecule has 2 aromatic rings. The second-order valence-corrected chi connectivity index (χ2v) is 6.91. The number of hydrogen-bond acceptors (Lipinski definition) is 2. The zero-order valence-corrected chi connectivity index (χ0v) is 12.7. The number of phenolic OH excluding ortho intramolecular Hbond substituents is 2. The van der Waals surface area contributed by atoms with E-state index in [4.69, 9.17) is 0 Å². The lowest BCUT2D eigenvalue weighted by Gasteiger charge is -2.28. The SMILES string of the molecule is Oc1ccc([C@@H](C2CC2)[C@@H](c2ccc(O)cc2)C2CC2)cc1. The van der Waals surface area contributed by atoms with Gasteiger partial charge in [0.15, 0.2) is 0 Å². The van der Waals surface area contributed by atoms with Crippen LogP contribution in [0.15, 0.2) is 48.5 Å². The Morgan fingerprint density at radius 3 is 1.18 bits per heavy atom. The van der Waals surface area contributed by atoms with Crippen molar-refractivity contribution in [2.45, 2.75) is 37.5 Å². The molecule has 0 aliphatic heterocycles. The fourth-order valence-electron chi connectivity index (χ4n) is 3.85. The summed E-state index contributed by atoms with van der Waals surface area (Å²) in [5.41, 5.74) is 2.70. The van der Waals surface area contributed by atoms with Gasteiger partial charge in [0.05, 0.1) is 0 Å². The first-order chi connectivity index (χ1) is 10.7. The van der Waals surface area contributed by atoms with Crippen molar-refractivity contribution in [3.8, 4) is 11.5 Å². The number of phenols is 2. The Balaban J connectivity index is 1.72. The lowest BCUT2D eigenvalue weighted by Crippen LogP contribution is -2.15. The van der Waals surface area contributed by atoms with Gasteiger partial charge in [-0.3, -0.25) is 0 Å². The van der Waals surface area contributed by atoms with Crippen LogP contribution in [-0.4, -0.2) is 10.2 Å². The molecular weight excluding hydrogens is 272 g/mol. The zero-order valence-electron chi connectivity index (χ0n) is 12.7. The topological polar surface area (TPSA) is 40.5 Å². The molecule has 114 valence electrons. The van der Waals surface area contributed by atoms with Crippen molar-refractivity contribution >= 4 is 0 Å². The lowest BCUT2D eigenvalue weighted by molar-refractivity contribution is 0.440. The van der Waals surface area contributed by atoms with Crippen LogP contribution in [0.4, 0.5) is 0 Å². The Morgan fingerprint density at radius 1 is 0.591 bits per heavy atom. The fraction of sp³-hybridized carbons (Fsp3) is 0.400. The van der Waals surface area contributed by atoms with Gasteiger partial charge in [-0.25, -0.2) is 0 Å². The highest BCUT2D eigenvalue weighted by molar-refractivity contribution is 5.37. The minimum absolute atomic E-state index is 0.339. The van der Waals surface area contributed by atoms with Crippen molar-refractivity contribution in [3.05, 3.63) is 59.7 Å². The van der Waals surface area contributed by atoms with E-state index in [9.17, 15) is 10.2 Å². The number of aromatic hydroxyl groups is 2. The van der Waals surface area contributed by atoms with Crippen molar-refractivity contribution in [2.75, 3.05) is 0 Å². The second kappa shape index (κ2) is 5.35. The van der Waals surface area contributed by atoms with Crippen molar-refractivity contribution in [1.82, 2.24) is 0 Å². The van der Waals surface area contributed by atoms with Gasteiger partial charge in [-0.05, 0) is 84.7 Å². The van der Waals surface area contributed by atoms with Gasteiger partial charge in [0.25, 0.3) is 0 Å². The molecule has 2 aromatic carbocycles. The van der Waals surface area contributed by atoms with Crippen molar-refractivity contribution < 1.29 is 10.2 Å². The van der Waals surface area contributed by atoms with Gasteiger partial charge < -0.3 is 10.2 Å². The highest BCUT2D eigenvalue weighted by atomic mass is 16.3. The largest absolute Gasteiger partial charge is 0.508 e. The Bertz CT molecular complexity index is 577. The minimum Gasteiger partial charge on any atom is -0.508 e. The van der Waals surface area contributed by atoms with Gasteiger partial charge in [-0.1, -0.05) is 24.3 Å². The molecule has 0 spiro atoms. The van der Waals surface area contributed by atoms with Crippen LogP contribution >= 0.6 is 0 Å². The summed E-state index contributed by atoms with van der Waals surface area (Å²) in [6.07, 6.45) is 5.25. The summed E-state index contributed by atoms with van der Waals surface area (Å²) >= 11 is 0. The zero-order chi connectivity index (χ0) is 15.1. The summed E-state index contributed by atoms with van der Waals surface area (Å²) in [7, 11) is 0. The summed E-state index contributed by atoms with van der Waals surface area (Å²) in [5.74, 6) is 3.29. The van der Waals surface area contributed by atoms with Crippen molar-refractivity contribution in [1.29, 1.82) is 0 Å². The van der Waals surface area contributed by atoms with E-state index < -0.39 is 0 Å². The average molecular weight is 294 g/mol. The molecule has 2 atom stereocenters. The van der Waals surface area contributed by atoms with Crippen molar-refractivity contribution in [2.24, 2.45) is 11.8 Å². The van der Waals surface area contributed by atoms with Crippen molar-refractivity contribution in [3.63, 3.8) is 0 Å². The van der Waals surface area contributed by atoms with Crippen LogP contribution in [0.2, 0.25) is 0 Å². The summed E-state index contributed by atoms with van der Waals surface area (Å²) < 4.78 is 0. The first kappa shape index (κ1) is 13.7. The van der Waals surface area contributed by atoms with Gasteiger partial charge in [0, 0.05) is 0 Å². The predicted molar refractivity (Wildman–Crippen MR) is 87.1 cm³/mol. The van der Waals surface area contributed by atoms with E-state index >= 15 is 0 Å². The highest BCUT2D eigenvalue weighted by Crippen LogP contribution is 2.57. The number of rotatable bonds is 5. The third-order valence-corrected chi connectivity index (χ3v) is 5.20. The fourth-order valence-corrected chi connectivity index (χ4v) is 3.85. The third kappa shape index (κ3) is 2.70. The van der Waals surface area contributed by atoms with E-state index in [0.29, 0.717) is 23.3 Å². The van der Waals surface area contributed by atoms with Crippen LogP contribution in [0.3, 0.4) is 0 Å². The average Bonchev–Trinajstić information content (AvgIpc) is 3.40. The Morgan fingerprint density at radius 2 is 0.909 bits per heavy atom. The van der Waals surface area contributed by atoms with Gasteiger partial charge in [0.2, 0.25) is 0 Å². The molecule has 2 saturated carbocycles. The Hall–Kier alpha value is -1.96. The van der Waals surface area contributed by atoms with E-state index in [1.165, 1.54) is 36.8 Å². The standard InChI is InChI=1S/C20H22O2/c21-17-9-5-15(6-10-17)19(13-1-2-13)20(14-3-4-14)16-7-11-18(22)12-8-16/h5-14,19-22H,1-4H2/t19-,20-/m1/s1. The summed E-state index contributed by atoms with van der Waals surface area (Å²) in [4.78, 5) is 0. The van der Waals surface area contributed by atoms with Crippen LogP contribution < -0.4 is 0 Å². The maximum atomic E-state index is 9.57. The molecule has 2 aliphatic carbocycles. The predicted octanol–water partition coefficient (Wildman–Crippen LogP) is 4.79. The van der Waals surface area contributed by atoms with E-state index in [1.807, 2.05) is 24.3 Å². The lowest BCUT2D eigenvalue weighted by atomic mass is 9.75. The molecule has 22 heavy (non-hydrogen) atoms. The molecule has 0 saturated heterocycles. The van der Waals surface area contributed by atoms with E-state index in [1.54, 1.807) is 0 Å². The summed E-state index contributed by atoms with van der Waals surface area (Å²) in [5, 5.41) is 19.1. The van der Waals surface area contributed by atoms with Gasteiger partial charge in [0.1, 0.15) is 11.5 Å². The quantitative estimate of drug-likeness (QED) is 0.832. The molecule has 2 N–H and O–H groups in total. The van der Waals surface area contributed by atoms with Crippen LogP contribution in [0.5, 0.6) is 11.5 Å². The maximum Gasteiger partial charge on any atom is 0.115 e. The second-order valence-electron chi connectivity index (χ2n) is 6.91. The maximum absolute atomic E-state index is 9.57. The number of benzene rings is 2. The first-order valence-electron chi connectivity index (χ1n) is 8.30. The minimum atomic E-state index is 0.339. The molecular formula is C20H22O2. The van der Waals surface area contributed by atoms with Gasteiger partial charge in [-0.15, -0.1) is 0 Å². The molecule has 0 bridgehead atoms. The molecule has 0 heterocycles. The van der Waals surface area contributed by atoms with E-state index in [-0.39, 0.29) is 0 Å². The van der Waals surface area contributed by atoms with Crippen LogP contribution in [0.1, 0.15) is 48.6 Å². The molecule has 0 radical (unpaired) electrons. The summed E-state index contributed by atoms with van der Waals surface area (Å²) in [6.45, 7) is 0. The molecule has 0 unspecified atom stereocenters. The molecule has 2 nitrogen and oxygen atoms in total. The highest BCUT2D eigenvalue weighted by Gasteiger charge is 2.44. The molecule has 4 rings (SSSR count). The summed E-state index contributed by atoms with van der Waals surface area (Å²) in [6, 6.07) is 15.6.